The van der Waals surface area contributed by atoms with E-state index in [2.05, 4.69) is 5.32 Å². The first-order valence-electron chi connectivity index (χ1n) is 11.9. The Balaban J connectivity index is 2.60. The first-order chi connectivity index (χ1) is 16.7. The van der Waals surface area contributed by atoms with Crippen molar-refractivity contribution in [1.82, 2.24) is 5.32 Å². The number of hydrogen-bond acceptors (Lipinski definition) is 8. The van der Waals surface area contributed by atoms with E-state index in [9.17, 15) is 29.1 Å². The van der Waals surface area contributed by atoms with E-state index >= 15 is 0 Å². The summed E-state index contributed by atoms with van der Waals surface area (Å²) in [6.07, 6.45) is 7.78. The molecule has 1 fully saturated rings. The molecule has 2 bridgehead atoms. The number of carbonyl (C=O) groups excluding carboxylic acids is 5. The van der Waals surface area contributed by atoms with Crippen molar-refractivity contribution >= 4 is 29.4 Å². The topological polar surface area (TPSA) is 136 Å². The lowest BCUT2D eigenvalue weighted by molar-refractivity contribution is -0.182. The Morgan fingerprint density at radius 3 is 2.36 bits per heavy atom. The zero-order valence-electron chi connectivity index (χ0n) is 21.6. The number of allylic oxidation sites excluding steroid dienone is 4. The van der Waals surface area contributed by atoms with Gasteiger partial charge in [-0.15, -0.1) is 0 Å². The Hall–Kier alpha value is -3.33. The average Bonchev–Trinajstić information content (AvgIpc) is 2.80. The minimum Gasteiger partial charge on any atom is -0.461 e. The number of amides is 1. The Morgan fingerprint density at radius 1 is 1.11 bits per heavy atom. The summed E-state index contributed by atoms with van der Waals surface area (Å²) in [5.41, 5.74) is -0.437. The van der Waals surface area contributed by atoms with Crippen molar-refractivity contribution in [3.05, 3.63) is 47.6 Å². The number of ketones is 2. The molecule has 6 atom stereocenters. The van der Waals surface area contributed by atoms with E-state index in [4.69, 9.17) is 9.47 Å². The van der Waals surface area contributed by atoms with Crippen LogP contribution in [0.2, 0.25) is 0 Å². The Kier molecular flexibility index (Phi) is 9.69. The maximum absolute atomic E-state index is 13.6. The van der Waals surface area contributed by atoms with Crippen molar-refractivity contribution in [2.45, 2.75) is 78.7 Å². The lowest BCUT2D eigenvalue weighted by Gasteiger charge is -2.42. The molecule has 0 aromatic heterocycles. The molecule has 3 rings (SSSR count). The molecule has 0 aromatic rings. The quantitative estimate of drug-likeness (QED) is 0.342. The molecule has 2 aliphatic heterocycles. The largest absolute Gasteiger partial charge is 0.461 e. The molecule has 0 aromatic carbocycles. The van der Waals surface area contributed by atoms with Crippen molar-refractivity contribution in [3.63, 3.8) is 0 Å². The van der Waals surface area contributed by atoms with Gasteiger partial charge in [-0.05, 0) is 33.3 Å². The highest BCUT2D eigenvalue weighted by atomic mass is 16.6. The molecule has 0 unspecified atom stereocenters. The fraction of sp³-hybridized carbons (Fsp3) is 0.519. The molecule has 0 spiro atoms. The fourth-order valence-electron chi connectivity index (χ4n) is 4.13. The maximum atomic E-state index is 13.6. The normalized spacial score (nSPS) is 36.2. The van der Waals surface area contributed by atoms with Crippen LogP contribution in [0.3, 0.4) is 0 Å². The number of aliphatic hydroxyl groups is 1. The molecule has 0 saturated carbocycles. The summed E-state index contributed by atoms with van der Waals surface area (Å²) >= 11 is 0. The van der Waals surface area contributed by atoms with Crippen LogP contribution in [-0.4, -0.2) is 58.9 Å². The molecular formula is C27H35NO8. The van der Waals surface area contributed by atoms with E-state index in [0.29, 0.717) is 12.0 Å². The van der Waals surface area contributed by atoms with Crippen LogP contribution in [0.15, 0.2) is 47.6 Å². The highest BCUT2D eigenvalue weighted by Crippen LogP contribution is 2.38. The Morgan fingerprint density at radius 2 is 1.75 bits per heavy atom. The molecule has 9 heteroatoms. The molecular weight excluding hydrogens is 466 g/mol. The Labute approximate surface area is 211 Å². The molecule has 196 valence electrons. The predicted molar refractivity (Wildman–Crippen MR) is 131 cm³/mol. The molecule has 1 amide bonds. The van der Waals surface area contributed by atoms with E-state index in [0.717, 1.165) is 12.5 Å². The SMILES string of the molecule is CC(=O)O[C@@H]1/C=C\C(C)=C/C[C@H](O)/C=C\C(C)=C/[C@@H](NC(=O)C(C)=O)[C@]2(C)C(=O)O[C@H](C1)[C@@H](C)C2=O. The van der Waals surface area contributed by atoms with Gasteiger partial charge in [-0.25, -0.2) is 0 Å². The van der Waals surface area contributed by atoms with Gasteiger partial charge < -0.3 is 19.9 Å². The number of aliphatic hydroxyl groups excluding tert-OH is 1. The Bertz CT molecular complexity index is 1040. The van der Waals surface area contributed by atoms with Crippen LogP contribution >= 0.6 is 0 Å². The van der Waals surface area contributed by atoms with Crippen molar-refractivity contribution < 1.29 is 38.6 Å². The first kappa shape index (κ1) is 28.9. The summed E-state index contributed by atoms with van der Waals surface area (Å²) in [5, 5.41) is 12.8. The third-order valence-electron chi connectivity index (χ3n) is 6.44. The van der Waals surface area contributed by atoms with Crippen LogP contribution < -0.4 is 5.32 Å². The van der Waals surface area contributed by atoms with Gasteiger partial charge in [-0.2, -0.15) is 0 Å². The van der Waals surface area contributed by atoms with Crippen molar-refractivity contribution in [2.24, 2.45) is 11.3 Å². The van der Waals surface area contributed by atoms with Gasteiger partial charge in [0, 0.05) is 20.3 Å². The van der Waals surface area contributed by atoms with Crippen LogP contribution in [0.1, 0.15) is 54.4 Å². The summed E-state index contributed by atoms with van der Waals surface area (Å²) in [4.78, 5) is 62.5. The summed E-state index contributed by atoms with van der Waals surface area (Å²) in [6.45, 7) is 8.85. The zero-order valence-corrected chi connectivity index (χ0v) is 21.6. The van der Waals surface area contributed by atoms with Gasteiger partial charge in [-0.1, -0.05) is 48.5 Å². The fourth-order valence-corrected chi connectivity index (χ4v) is 4.13. The van der Waals surface area contributed by atoms with Gasteiger partial charge in [0.05, 0.1) is 18.1 Å². The molecule has 1 aliphatic carbocycles. The van der Waals surface area contributed by atoms with Gasteiger partial charge in [0.15, 0.2) is 5.78 Å². The minimum absolute atomic E-state index is 0.0571. The smallest absolute Gasteiger partial charge is 0.322 e. The van der Waals surface area contributed by atoms with E-state index in [1.54, 1.807) is 38.2 Å². The predicted octanol–water partition coefficient (Wildman–Crippen LogP) is 2.29. The maximum Gasteiger partial charge on any atom is 0.322 e. The number of Topliss-reactive ketones (excluding diaryl/α,β-unsaturated/α-hetero) is 2. The third-order valence-corrected chi connectivity index (χ3v) is 6.44. The molecule has 2 heterocycles. The molecule has 2 N–H and O–H groups in total. The van der Waals surface area contributed by atoms with Gasteiger partial charge in [0.2, 0.25) is 5.78 Å². The first-order valence-corrected chi connectivity index (χ1v) is 11.9. The van der Waals surface area contributed by atoms with Gasteiger partial charge in [-0.3, -0.25) is 24.0 Å². The monoisotopic (exact) mass is 501 g/mol. The number of carbonyl (C=O) groups is 5. The number of rotatable bonds is 3. The van der Waals surface area contributed by atoms with Crippen LogP contribution in [0.4, 0.5) is 0 Å². The van der Waals surface area contributed by atoms with Crippen LogP contribution in [0.5, 0.6) is 0 Å². The van der Waals surface area contributed by atoms with E-state index in [1.807, 2.05) is 13.0 Å². The van der Waals surface area contributed by atoms with Crippen LogP contribution in [-0.2, 0) is 33.4 Å². The van der Waals surface area contributed by atoms with E-state index in [1.165, 1.54) is 19.9 Å². The number of fused-ring (bicyclic) bond motifs is 10. The highest BCUT2D eigenvalue weighted by Gasteiger charge is 2.56. The second-order valence-electron chi connectivity index (χ2n) is 9.57. The van der Waals surface area contributed by atoms with Crippen LogP contribution in [0, 0.1) is 11.3 Å². The molecule has 0 radical (unpaired) electrons. The lowest BCUT2D eigenvalue weighted by Crippen LogP contribution is -2.61. The summed E-state index contributed by atoms with van der Waals surface area (Å²) in [6, 6.07) is -1.18. The lowest BCUT2D eigenvalue weighted by atomic mass is 9.69. The summed E-state index contributed by atoms with van der Waals surface area (Å²) in [5.74, 6) is -4.37. The third kappa shape index (κ3) is 7.10. The number of nitrogens with one attached hydrogen (secondary N) is 1. The van der Waals surface area contributed by atoms with E-state index in [-0.39, 0.29) is 6.42 Å². The van der Waals surface area contributed by atoms with Gasteiger partial charge in [0.1, 0.15) is 17.6 Å². The van der Waals surface area contributed by atoms with E-state index < -0.39 is 65.1 Å². The summed E-state index contributed by atoms with van der Waals surface area (Å²) in [7, 11) is 0. The number of hydrogen-bond donors (Lipinski definition) is 2. The van der Waals surface area contributed by atoms with Crippen molar-refractivity contribution in [3.8, 4) is 0 Å². The number of ether oxygens (including phenoxy) is 2. The second kappa shape index (κ2) is 12.1. The second-order valence-corrected chi connectivity index (χ2v) is 9.57. The molecule has 9 nitrogen and oxygen atoms in total. The van der Waals surface area contributed by atoms with Crippen molar-refractivity contribution in [1.29, 1.82) is 0 Å². The molecule has 1 saturated heterocycles. The van der Waals surface area contributed by atoms with Gasteiger partial charge >= 0.3 is 11.9 Å². The molecule has 36 heavy (non-hydrogen) atoms. The zero-order chi connectivity index (χ0) is 27.2. The van der Waals surface area contributed by atoms with Gasteiger partial charge in [0.25, 0.3) is 5.91 Å². The van der Waals surface area contributed by atoms with Crippen molar-refractivity contribution in [2.75, 3.05) is 0 Å². The standard InChI is InChI=1S/C27H35NO8/c1-15-7-10-20(31)11-8-16(2)13-23(28-25(33)18(4)29)27(6)24(32)17(3)22(36-26(27)34)14-21(12-9-15)35-19(5)30/h7-9,11-13,17,20-23,31H,10,14H2,1-6H3,(H,28,33)/b11-8-,12-9-,15-7-,16-13-/t17-,20+,21-,22-,23-,27+/m1/s1. The molecule has 3 aliphatic rings. The minimum atomic E-state index is -1.81. The number of esters is 2. The van der Waals surface area contributed by atoms with Crippen LogP contribution in [0.25, 0.3) is 0 Å². The highest BCUT2D eigenvalue weighted by molar-refractivity contribution is 6.35. The average molecular weight is 502 g/mol. The summed E-state index contributed by atoms with van der Waals surface area (Å²) < 4.78 is 11.1.